The Labute approximate surface area is 121 Å². The average Bonchev–Trinajstić information content (AvgIpc) is 2.36. The highest BCUT2D eigenvalue weighted by Crippen LogP contribution is 2.22. The number of halogens is 1. The average molecular weight is 291 g/mol. The van der Waals surface area contributed by atoms with Crippen LogP contribution in [0.3, 0.4) is 0 Å². The van der Waals surface area contributed by atoms with Crippen LogP contribution in [0.5, 0.6) is 5.75 Å². The van der Waals surface area contributed by atoms with Crippen molar-refractivity contribution in [2.45, 2.75) is 13.5 Å². The number of phenolic OH excluding ortho intramolecular Hbond substituents is 1. The molecule has 0 bridgehead atoms. The van der Waals surface area contributed by atoms with Crippen molar-refractivity contribution in [3.63, 3.8) is 0 Å². The predicted octanol–water partition coefficient (Wildman–Crippen LogP) is 2.53. The van der Waals surface area contributed by atoms with E-state index in [4.69, 9.17) is 0 Å². The van der Waals surface area contributed by atoms with E-state index in [-0.39, 0.29) is 5.82 Å². The summed E-state index contributed by atoms with van der Waals surface area (Å²) in [6.07, 6.45) is 0. The van der Waals surface area contributed by atoms with Gasteiger partial charge in [0.1, 0.15) is 11.6 Å². The first-order valence-electron chi connectivity index (χ1n) is 6.45. The Balaban J connectivity index is 2.35. The van der Waals surface area contributed by atoms with Gasteiger partial charge >= 0.3 is 0 Å². The number of aryl methyl sites for hydroxylation is 1. The van der Waals surface area contributed by atoms with E-state index in [1.807, 2.05) is 44.1 Å². The van der Waals surface area contributed by atoms with Crippen LogP contribution >= 0.6 is 8.58 Å². The van der Waals surface area contributed by atoms with E-state index in [2.05, 4.69) is 0 Å². The van der Waals surface area contributed by atoms with Crippen LogP contribution in [0.1, 0.15) is 11.1 Å². The fourth-order valence-electron chi connectivity index (χ4n) is 2.05. The largest absolute Gasteiger partial charge is 0.507 e. The standard InChI is InChI=1S/C16H19FNOP/c1-11-4-6-14(19)16(8-11)20-15-7-5-13(17)9-12(15)10-18(2)3/h4-9,19-20H,10H2,1-3H3. The third-order valence-electron chi connectivity index (χ3n) is 2.98. The summed E-state index contributed by atoms with van der Waals surface area (Å²) in [5.74, 6) is 0.0814. The molecule has 0 aliphatic heterocycles. The molecule has 0 saturated carbocycles. The summed E-state index contributed by atoms with van der Waals surface area (Å²) in [5.41, 5.74) is 2.08. The number of hydrogen-bond donors (Lipinski definition) is 1. The lowest BCUT2D eigenvalue weighted by Crippen LogP contribution is -2.18. The Morgan fingerprint density at radius 1 is 1.10 bits per heavy atom. The summed E-state index contributed by atoms with van der Waals surface area (Å²) >= 11 is 0. The summed E-state index contributed by atoms with van der Waals surface area (Å²) < 4.78 is 13.4. The van der Waals surface area contributed by atoms with E-state index < -0.39 is 0 Å². The summed E-state index contributed by atoms with van der Waals surface area (Å²) in [6, 6.07) is 10.5. The minimum atomic E-state index is -0.219. The number of aromatic hydroxyl groups is 1. The second-order valence-electron chi connectivity index (χ2n) is 5.18. The van der Waals surface area contributed by atoms with E-state index in [9.17, 15) is 9.50 Å². The second-order valence-corrected chi connectivity index (χ2v) is 6.51. The zero-order chi connectivity index (χ0) is 14.7. The molecular weight excluding hydrogens is 272 g/mol. The summed E-state index contributed by atoms with van der Waals surface area (Å²) in [6.45, 7) is 2.69. The monoisotopic (exact) mass is 291 g/mol. The number of nitrogens with zero attached hydrogens (tertiary/aromatic N) is 1. The highest BCUT2D eigenvalue weighted by Gasteiger charge is 2.09. The number of hydrogen-bond acceptors (Lipinski definition) is 2. The van der Waals surface area contributed by atoms with Crippen molar-refractivity contribution in [3.05, 3.63) is 53.3 Å². The van der Waals surface area contributed by atoms with Crippen molar-refractivity contribution in [3.8, 4) is 5.75 Å². The molecule has 2 rings (SSSR count). The molecule has 106 valence electrons. The fraction of sp³-hybridized carbons (Fsp3) is 0.250. The van der Waals surface area contributed by atoms with Crippen LogP contribution in [-0.4, -0.2) is 24.1 Å². The lowest BCUT2D eigenvalue weighted by Gasteiger charge is -2.15. The summed E-state index contributed by atoms with van der Waals surface area (Å²) in [4.78, 5) is 2.01. The quantitative estimate of drug-likeness (QED) is 0.875. The van der Waals surface area contributed by atoms with Gasteiger partial charge in [-0.05, 0) is 56.2 Å². The van der Waals surface area contributed by atoms with E-state index in [0.717, 1.165) is 21.7 Å². The highest BCUT2D eigenvalue weighted by molar-refractivity contribution is 7.55. The molecule has 1 N–H and O–H groups in total. The molecule has 0 aliphatic carbocycles. The third-order valence-corrected chi connectivity index (χ3v) is 4.40. The molecule has 0 amide bonds. The molecule has 0 radical (unpaired) electrons. The zero-order valence-electron chi connectivity index (χ0n) is 11.9. The number of benzene rings is 2. The lowest BCUT2D eigenvalue weighted by molar-refractivity contribution is 0.402. The Kier molecular flexibility index (Phi) is 4.74. The summed E-state index contributed by atoms with van der Waals surface area (Å²) in [7, 11) is 4.24. The van der Waals surface area contributed by atoms with Gasteiger partial charge in [-0.1, -0.05) is 26.3 Å². The molecule has 0 heterocycles. The van der Waals surface area contributed by atoms with Gasteiger partial charge in [-0.3, -0.25) is 0 Å². The van der Waals surface area contributed by atoms with E-state index in [1.165, 1.54) is 6.07 Å². The molecule has 1 atom stereocenters. The van der Waals surface area contributed by atoms with E-state index >= 15 is 0 Å². The molecule has 0 aromatic heterocycles. The molecule has 0 aliphatic rings. The van der Waals surface area contributed by atoms with Crippen LogP contribution in [-0.2, 0) is 6.54 Å². The minimum Gasteiger partial charge on any atom is -0.507 e. The van der Waals surface area contributed by atoms with Gasteiger partial charge < -0.3 is 10.0 Å². The van der Waals surface area contributed by atoms with Crippen molar-refractivity contribution in [1.82, 2.24) is 4.90 Å². The molecule has 20 heavy (non-hydrogen) atoms. The Morgan fingerprint density at radius 3 is 2.55 bits per heavy atom. The minimum absolute atomic E-state index is 0.219. The summed E-state index contributed by atoms with van der Waals surface area (Å²) in [5, 5.41) is 11.9. The van der Waals surface area contributed by atoms with Gasteiger partial charge in [0, 0.05) is 11.8 Å². The van der Waals surface area contributed by atoms with Gasteiger partial charge in [0.2, 0.25) is 0 Å². The molecule has 1 unspecified atom stereocenters. The molecule has 0 spiro atoms. The van der Waals surface area contributed by atoms with Crippen molar-refractivity contribution in [2.24, 2.45) is 0 Å². The normalized spacial score (nSPS) is 11.7. The van der Waals surface area contributed by atoms with Crippen LogP contribution < -0.4 is 10.6 Å². The molecule has 0 fully saturated rings. The maximum atomic E-state index is 13.4. The lowest BCUT2D eigenvalue weighted by atomic mass is 10.2. The van der Waals surface area contributed by atoms with Crippen molar-refractivity contribution in [1.29, 1.82) is 0 Å². The molecule has 0 saturated heterocycles. The predicted molar refractivity (Wildman–Crippen MR) is 84.2 cm³/mol. The van der Waals surface area contributed by atoms with Crippen LogP contribution in [0.2, 0.25) is 0 Å². The molecule has 2 nitrogen and oxygen atoms in total. The van der Waals surface area contributed by atoms with Crippen LogP contribution in [0, 0.1) is 12.7 Å². The Morgan fingerprint density at radius 2 is 1.85 bits per heavy atom. The molecule has 2 aromatic rings. The van der Waals surface area contributed by atoms with Crippen LogP contribution in [0.4, 0.5) is 4.39 Å². The van der Waals surface area contributed by atoms with Crippen molar-refractivity contribution in [2.75, 3.05) is 14.1 Å². The maximum Gasteiger partial charge on any atom is 0.123 e. The highest BCUT2D eigenvalue weighted by atomic mass is 31.1. The first-order chi connectivity index (χ1) is 9.45. The van der Waals surface area contributed by atoms with Crippen molar-refractivity contribution >= 4 is 19.2 Å². The maximum absolute atomic E-state index is 13.4. The number of phenols is 1. The van der Waals surface area contributed by atoms with Crippen LogP contribution in [0.25, 0.3) is 0 Å². The van der Waals surface area contributed by atoms with Gasteiger partial charge in [-0.2, -0.15) is 0 Å². The smallest absolute Gasteiger partial charge is 0.123 e. The molecule has 4 heteroatoms. The third kappa shape index (κ3) is 3.78. The second kappa shape index (κ2) is 6.34. The van der Waals surface area contributed by atoms with Crippen LogP contribution in [0.15, 0.2) is 36.4 Å². The van der Waals surface area contributed by atoms with Gasteiger partial charge in [-0.25, -0.2) is 4.39 Å². The first kappa shape index (κ1) is 15.0. The van der Waals surface area contributed by atoms with Gasteiger partial charge in [0.15, 0.2) is 0 Å². The SMILES string of the molecule is Cc1ccc(O)c(Pc2ccc(F)cc2CN(C)C)c1. The topological polar surface area (TPSA) is 23.5 Å². The van der Waals surface area contributed by atoms with Gasteiger partial charge in [0.05, 0.1) is 0 Å². The van der Waals surface area contributed by atoms with Crippen molar-refractivity contribution < 1.29 is 9.50 Å². The van der Waals surface area contributed by atoms with Gasteiger partial charge in [0.25, 0.3) is 0 Å². The van der Waals surface area contributed by atoms with Gasteiger partial charge in [-0.15, -0.1) is 0 Å². The zero-order valence-corrected chi connectivity index (χ0v) is 12.9. The van der Waals surface area contributed by atoms with E-state index in [0.29, 0.717) is 20.9 Å². The van der Waals surface area contributed by atoms with E-state index in [1.54, 1.807) is 12.1 Å². The molecular formula is C16H19FNOP. The molecule has 2 aromatic carbocycles. The fourth-order valence-corrected chi connectivity index (χ4v) is 3.33. The first-order valence-corrected chi connectivity index (χ1v) is 7.45. The Bertz CT molecular complexity index is 613. The Hall–Kier alpha value is -1.44. The number of rotatable bonds is 4.